The Hall–Kier alpha value is -2.05. The number of aryl methyl sites for hydroxylation is 2. The minimum Gasteiger partial charge on any atom is -0.344 e. The van der Waals surface area contributed by atoms with Gasteiger partial charge in [0.2, 0.25) is 0 Å². The Bertz CT molecular complexity index is 953. The van der Waals surface area contributed by atoms with Gasteiger partial charge in [-0.3, -0.25) is 0 Å². The van der Waals surface area contributed by atoms with Gasteiger partial charge >= 0.3 is 0 Å². The fourth-order valence-corrected chi connectivity index (χ4v) is 5.03. The lowest BCUT2D eigenvalue weighted by Gasteiger charge is -2.33. The third kappa shape index (κ3) is 3.00. The number of rotatable bonds is 3. The second kappa shape index (κ2) is 6.35. The van der Waals surface area contributed by atoms with Crippen molar-refractivity contribution in [3.63, 3.8) is 0 Å². The number of anilines is 1. The third-order valence-electron chi connectivity index (χ3n) is 4.85. The van der Waals surface area contributed by atoms with Crippen molar-refractivity contribution >= 4 is 37.6 Å². The maximum Gasteiger partial charge on any atom is 0.150 e. The van der Waals surface area contributed by atoms with Crippen molar-refractivity contribution in [2.45, 2.75) is 20.8 Å². The molecule has 0 aromatic carbocycles. The molecule has 6 heteroatoms. The summed E-state index contributed by atoms with van der Waals surface area (Å²) in [5.41, 5.74) is 4.61. The molecule has 0 saturated carbocycles. The van der Waals surface area contributed by atoms with E-state index < -0.39 is 0 Å². The number of thiophene rings is 1. The summed E-state index contributed by atoms with van der Waals surface area (Å²) in [6.45, 7) is 15.7. The van der Waals surface area contributed by atoms with Crippen molar-refractivity contribution in [3.8, 4) is 0 Å². The first-order valence-electron chi connectivity index (χ1n) is 8.77. The Morgan fingerprint density at radius 2 is 2.04 bits per heavy atom. The highest BCUT2D eigenvalue weighted by molar-refractivity contribution is 7.26. The molecule has 130 valence electrons. The van der Waals surface area contributed by atoms with Gasteiger partial charge in [-0.15, -0.1) is 11.3 Å². The van der Waals surface area contributed by atoms with Crippen LogP contribution >= 0.6 is 11.3 Å². The third-order valence-corrected chi connectivity index (χ3v) is 5.92. The Morgan fingerprint density at radius 3 is 2.76 bits per heavy atom. The lowest BCUT2D eigenvalue weighted by Crippen LogP contribution is -3.15. The second-order valence-corrected chi connectivity index (χ2v) is 8.11. The molecule has 0 amide bonds. The molecule has 1 fully saturated rings. The van der Waals surface area contributed by atoms with Crippen LogP contribution in [-0.2, 0) is 0 Å². The highest BCUT2D eigenvalue weighted by Crippen LogP contribution is 2.37. The fraction of sp³-hybridized carbons (Fsp3) is 0.421. The van der Waals surface area contributed by atoms with Crippen LogP contribution in [0, 0.1) is 13.8 Å². The number of pyridine rings is 1. The largest absolute Gasteiger partial charge is 0.344 e. The first kappa shape index (κ1) is 16.4. The van der Waals surface area contributed by atoms with Gasteiger partial charge in [-0.1, -0.05) is 6.58 Å². The highest BCUT2D eigenvalue weighted by Gasteiger charge is 2.24. The molecule has 0 radical (unpaired) electrons. The summed E-state index contributed by atoms with van der Waals surface area (Å²) in [5, 5.41) is 1.18. The van der Waals surface area contributed by atoms with Gasteiger partial charge in [-0.2, -0.15) is 0 Å². The van der Waals surface area contributed by atoms with E-state index in [-0.39, 0.29) is 0 Å². The van der Waals surface area contributed by atoms with Crippen LogP contribution in [0.3, 0.4) is 0 Å². The molecule has 3 aromatic rings. The average molecular weight is 355 g/mol. The zero-order chi connectivity index (χ0) is 17.6. The van der Waals surface area contributed by atoms with Crippen LogP contribution in [0.2, 0.25) is 0 Å². The zero-order valence-corrected chi connectivity index (χ0v) is 15.9. The highest BCUT2D eigenvalue weighted by atomic mass is 32.1. The molecule has 0 aliphatic carbocycles. The molecule has 3 aromatic heterocycles. The molecule has 1 saturated heterocycles. The standard InChI is InChI=1S/C19H23N5S/c1-12(2)10-23-5-7-24(8-6-23)18-17-16(20-11-21-18)15-13(3)9-14(4)22-19(15)25-17/h9,11H,1,5-8,10H2,2-4H3/p+1. The number of hydrogen-bond acceptors (Lipinski definition) is 5. The van der Waals surface area contributed by atoms with Crippen LogP contribution < -0.4 is 9.80 Å². The van der Waals surface area contributed by atoms with E-state index in [0.29, 0.717) is 0 Å². The van der Waals surface area contributed by atoms with Crippen molar-refractivity contribution in [1.29, 1.82) is 0 Å². The van der Waals surface area contributed by atoms with Gasteiger partial charge in [-0.05, 0) is 38.0 Å². The van der Waals surface area contributed by atoms with Gasteiger partial charge < -0.3 is 9.80 Å². The number of nitrogens with one attached hydrogen (secondary N) is 1. The first-order valence-corrected chi connectivity index (χ1v) is 9.59. The number of hydrogen-bond donors (Lipinski definition) is 1. The summed E-state index contributed by atoms with van der Waals surface area (Å²) in [6, 6.07) is 2.13. The smallest absolute Gasteiger partial charge is 0.150 e. The number of quaternary nitrogens is 1. The molecular formula is C19H24N5S+. The predicted octanol–water partition coefficient (Wildman–Crippen LogP) is 2.14. The maximum absolute atomic E-state index is 4.72. The summed E-state index contributed by atoms with van der Waals surface area (Å²) >= 11 is 1.72. The van der Waals surface area contributed by atoms with Crippen LogP contribution in [0.5, 0.6) is 0 Å². The van der Waals surface area contributed by atoms with Crippen molar-refractivity contribution in [1.82, 2.24) is 15.0 Å². The van der Waals surface area contributed by atoms with Crippen molar-refractivity contribution in [3.05, 3.63) is 35.8 Å². The van der Waals surface area contributed by atoms with Crippen LogP contribution in [-0.4, -0.2) is 47.7 Å². The number of nitrogens with zero attached hydrogens (tertiary/aromatic N) is 4. The molecule has 0 atom stereocenters. The molecular weight excluding hydrogens is 330 g/mol. The minimum absolute atomic E-state index is 1.02. The minimum atomic E-state index is 1.02. The molecule has 0 spiro atoms. The Labute approximate surface area is 152 Å². The summed E-state index contributed by atoms with van der Waals surface area (Å²) in [5.74, 6) is 1.07. The topological polar surface area (TPSA) is 46.4 Å². The second-order valence-electron chi connectivity index (χ2n) is 7.11. The lowest BCUT2D eigenvalue weighted by atomic mass is 10.1. The maximum atomic E-state index is 4.72. The van der Waals surface area contributed by atoms with E-state index in [1.807, 2.05) is 6.92 Å². The molecule has 25 heavy (non-hydrogen) atoms. The molecule has 5 nitrogen and oxygen atoms in total. The summed E-state index contributed by atoms with van der Waals surface area (Å²) in [6.07, 6.45) is 1.70. The molecule has 4 rings (SSSR count). The van der Waals surface area contributed by atoms with E-state index in [2.05, 4.69) is 41.4 Å². The molecule has 0 unspecified atom stereocenters. The van der Waals surface area contributed by atoms with Crippen molar-refractivity contribution in [2.24, 2.45) is 0 Å². The first-order chi connectivity index (χ1) is 12.0. The van der Waals surface area contributed by atoms with E-state index >= 15 is 0 Å². The quantitative estimate of drug-likeness (QED) is 0.732. The van der Waals surface area contributed by atoms with Gasteiger partial charge in [0.1, 0.15) is 11.2 Å². The zero-order valence-electron chi connectivity index (χ0n) is 15.1. The van der Waals surface area contributed by atoms with E-state index in [1.165, 1.54) is 21.2 Å². The number of piperazine rings is 1. The summed E-state index contributed by atoms with van der Waals surface area (Å²) in [7, 11) is 0. The Balaban J connectivity index is 1.71. The van der Waals surface area contributed by atoms with Crippen LogP contribution in [0.25, 0.3) is 20.4 Å². The fourth-order valence-electron chi connectivity index (χ4n) is 3.76. The SMILES string of the molecule is C=C(C)C[NH+]1CCN(c2ncnc3c2sc2nc(C)cc(C)c23)CC1. The normalized spacial score (nSPS) is 16.0. The van der Waals surface area contributed by atoms with E-state index in [0.717, 1.165) is 54.6 Å². The molecule has 1 aliphatic rings. The molecule has 1 N–H and O–H groups in total. The van der Waals surface area contributed by atoms with E-state index in [9.17, 15) is 0 Å². The number of fused-ring (bicyclic) bond motifs is 3. The van der Waals surface area contributed by atoms with Crippen LogP contribution in [0.15, 0.2) is 24.5 Å². The monoisotopic (exact) mass is 354 g/mol. The van der Waals surface area contributed by atoms with Crippen molar-refractivity contribution < 1.29 is 4.90 Å². The van der Waals surface area contributed by atoms with Gasteiger partial charge in [-0.25, -0.2) is 15.0 Å². The van der Waals surface area contributed by atoms with Gasteiger partial charge in [0, 0.05) is 11.1 Å². The summed E-state index contributed by atoms with van der Waals surface area (Å²) in [4.78, 5) is 19.0. The van der Waals surface area contributed by atoms with Crippen LogP contribution in [0.4, 0.5) is 5.82 Å². The van der Waals surface area contributed by atoms with Crippen molar-refractivity contribution in [2.75, 3.05) is 37.6 Å². The van der Waals surface area contributed by atoms with Gasteiger partial charge in [0.05, 0.1) is 42.9 Å². The Kier molecular flexibility index (Phi) is 4.17. The van der Waals surface area contributed by atoms with E-state index in [1.54, 1.807) is 22.6 Å². The average Bonchev–Trinajstić information content (AvgIpc) is 2.93. The lowest BCUT2D eigenvalue weighted by molar-refractivity contribution is -0.895. The predicted molar refractivity (Wildman–Crippen MR) is 105 cm³/mol. The van der Waals surface area contributed by atoms with Gasteiger partial charge in [0.25, 0.3) is 0 Å². The molecule has 1 aliphatic heterocycles. The molecule has 4 heterocycles. The molecule has 0 bridgehead atoms. The van der Waals surface area contributed by atoms with E-state index in [4.69, 9.17) is 4.98 Å². The van der Waals surface area contributed by atoms with Gasteiger partial charge in [0.15, 0.2) is 5.82 Å². The van der Waals surface area contributed by atoms with Crippen LogP contribution in [0.1, 0.15) is 18.2 Å². The Morgan fingerprint density at radius 1 is 1.28 bits per heavy atom. The number of aromatic nitrogens is 3. The summed E-state index contributed by atoms with van der Waals surface area (Å²) < 4.78 is 1.17.